The lowest BCUT2D eigenvalue weighted by molar-refractivity contribution is -0.116. The summed E-state index contributed by atoms with van der Waals surface area (Å²) < 4.78 is 1.91. The van der Waals surface area contributed by atoms with Crippen LogP contribution in [0.5, 0.6) is 0 Å². The van der Waals surface area contributed by atoms with E-state index < -0.39 is 11.8 Å². The number of para-hydroxylation sites is 1. The van der Waals surface area contributed by atoms with Crippen LogP contribution in [0.2, 0.25) is 0 Å². The largest absolute Gasteiger partial charge is 0.321 e. The van der Waals surface area contributed by atoms with E-state index in [2.05, 4.69) is 36.9 Å². The van der Waals surface area contributed by atoms with E-state index in [1.54, 1.807) is 36.4 Å². The molecule has 7 nitrogen and oxygen atoms in total. The van der Waals surface area contributed by atoms with Crippen molar-refractivity contribution >= 4 is 83.9 Å². The summed E-state index contributed by atoms with van der Waals surface area (Å²) in [6.07, 6.45) is 2.23. The van der Waals surface area contributed by atoms with Crippen LogP contribution in [0.15, 0.2) is 118 Å². The van der Waals surface area contributed by atoms with Crippen molar-refractivity contribution in [1.29, 1.82) is 0 Å². The van der Waals surface area contributed by atoms with Gasteiger partial charge in [-0.2, -0.15) is 0 Å². The lowest BCUT2D eigenvalue weighted by Crippen LogP contribution is -2.30. The van der Waals surface area contributed by atoms with Crippen molar-refractivity contribution in [2.24, 2.45) is 0 Å². The van der Waals surface area contributed by atoms with E-state index in [-0.39, 0.29) is 16.9 Å². The molecule has 0 spiro atoms. The number of hydrogen-bond acceptors (Lipinski definition) is 6. The van der Waals surface area contributed by atoms with E-state index in [1.807, 2.05) is 79.7 Å². The highest BCUT2D eigenvalue weighted by atomic mass is 79.9. The maximum absolute atomic E-state index is 13.4. The number of anilines is 2. The second-order valence-electron chi connectivity index (χ2n) is 9.40. The smallest absolute Gasteiger partial charge is 0.272 e. The highest BCUT2D eigenvalue weighted by Crippen LogP contribution is 2.30. The number of aromatic nitrogens is 1. The van der Waals surface area contributed by atoms with Crippen molar-refractivity contribution in [2.75, 3.05) is 10.6 Å². The van der Waals surface area contributed by atoms with Gasteiger partial charge in [0.15, 0.2) is 5.13 Å². The third-order valence-corrected chi connectivity index (χ3v) is 9.11. The van der Waals surface area contributed by atoms with E-state index in [1.165, 1.54) is 23.1 Å². The predicted molar refractivity (Wildman–Crippen MR) is 179 cm³/mol. The van der Waals surface area contributed by atoms with Crippen LogP contribution in [0, 0.1) is 0 Å². The van der Waals surface area contributed by atoms with Gasteiger partial charge in [0, 0.05) is 20.6 Å². The quantitative estimate of drug-likeness (QED) is 0.103. The molecule has 216 valence electrons. The number of fused-ring (bicyclic) bond motifs is 1. The molecule has 0 radical (unpaired) electrons. The highest BCUT2D eigenvalue weighted by Gasteiger charge is 2.20. The normalized spacial score (nSPS) is 12.0. The number of halogens is 1. The van der Waals surface area contributed by atoms with Gasteiger partial charge < -0.3 is 16.0 Å². The molecule has 1 atom stereocenters. The second-order valence-corrected chi connectivity index (χ2v) is 12.6. The van der Waals surface area contributed by atoms with Gasteiger partial charge in [0.05, 0.1) is 15.5 Å². The molecule has 1 aromatic heterocycles. The van der Waals surface area contributed by atoms with E-state index in [9.17, 15) is 14.4 Å². The van der Waals surface area contributed by atoms with Gasteiger partial charge >= 0.3 is 0 Å². The number of thioether (sulfide) groups is 1. The van der Waals surface area contributed by atoms with Gasteiger partial charge in [-0.1, -0.05) is 82.7 Å². The molecule has 1 unspecified atom stereocenters. The Morgan fingerprint density at radius 1 is 0.907 bits per heavy atom. The van der Waals surface area contributed by atoms with Crippen LogP contribution < -0.4 is 16.0 Å². The number of carbonyl (C=O) groups excluding carboxylic acids is 3. The summed E-state index contributed by atoms with van der Waals surface area (Å²) in [6.45, 7) is 1.95. The van der Waals surface area contributed by atoms with Gasteiger partial charge in [0.25, 0.3) is 11.8 Å². The first-order valence-electron chi connectivity index (χ1n) is 13.5. The molecular formula is C33H27BrN4O3S2. The van der Waals surface area contributed by atoms with Crippen molar-refractivity contribution in [1.82, 2.24) is 10.3 Å². The number of benzene rings is 4. The Kier molecular flexibility index (Phi) is 10.0. The molecular weight excluding hydrogens is 644 g/mol. The molecule has 43 heavy (non-hydrogen) atoms. The maximum atomic E-state index is 13.4. The zero-order valence-electron chi connectivity index (χ0n) is 23.0. The molecule has 0 aliphatic carbocycles. The first-order valence-corrected chi connectivity index (χ1v) is 15.9. The Morgan fingerprint density at radius 2 is 1.65 bits per heavy atom. The zero-order chi connectivity index (χ0) is 30.2. The summed E-state index contributed by atoms with van der Waals surface area (Å²) in [5.41, 5.74) is 2.66. The molecule has 0 saturated heterocycles. The molecule has 5 aromatic rings. The molecule has 5 rings (SSSR count). The van der Waals surface area contributed by atoms with E-state index >= 15 is 0 Å². The van der Waals surface area contributed by atoms with E-state index in [0.29, 0.717) is 22.8 Å². The Morgan fingerprint density at radius 3 is 2.40 bits per heavy atom. The number of amides is 3. The van der Waals surface area contributed by atoms with Crippen LogP contribution in [0.25, 0.3) is 16.3 Å². The molecule has 1 heterocycles. The van der Waals surface area contributed by atoms with Crippen molar-refractivity contribution in [2.45, 2.75) is 23.5 Å². The monoisotopic (exact) mass is 670 g/mol. The Balaban J connectivity index is 1.29. The van der Waals surface area contributed by atoms with Gasteiger partial charge in [0.2, 0.25) is 5.91 Å². The lowest BCUT2D eigenvalue weighted by atomic mass is 10.1. The molecule has 0 fully saturated rings. The zero-order valence-corrected chi connectivity index (χ0v) is 26.3. The topological polar surface area (TPSA) is 100 Å². The van der Waals surface area contributed by atoms with Crippen LogP contribution in [0.4, 0.5) is 10.8 Å². The fourth-order valence-electron chi connectivity index (χ4n) is 4.11. The van der Waals surface area contributed by atoms with Crippen LogP contribution in [0.1, 0.15) is 29.3 Å². The minimum absolute atomic E-state index is 0.0934. The second kappa shape index (κ2) is 14.3. The minimum atomic E-state index is -0.477. The molecule has 0 saturated carbocycles. The van der Waals surface area contributed by atoms with Gasteiger partial charge in [0.1, 0.15) is 5.70 Å². The van der Waals surface area contributed by atoms with Crippen molar-refractivity contribution < 1.29 is 14.4 Å². The standard InChI is InChI=1S/C33H27BrN4O3S2/c1-2-28(32(41)38-33-37-26-13-6-7-14-29(26)43-33)42-25-12-8-11-24(20-25)35-31(40)27(19-21-15-17-23(34)18-16-21)36-30(39)22-9-4-3-5-10-22/h3-20,28H,2H2,1H3,(H,35,40)(H,36,39)(H,37,38,41)/b27-19-. The maximum Gasteiger partial charge on any atom is 0.272 e. The number of nitrogens with zero attached hydrogens (tertiary/aromatic N) is 1. The third-order valence-electron chi connectivity index (χ3n) is 6.27. The first-order chi connectivity index (χ1) is 20.9. The summed E-state index contributed by atoms with van der Waals surface area (Å²) in [6, 6.07) is 31.1. The number of nitrogens with one attached hydrogen (secondary N) is 3. The number of carbonyl (C=O) groups is 3. The van der Waals surface area contributed by atoms with Gasteiger partial charge in [-0.15, -0.1) is 11.8 Å². The molecule has 0 bridgehead atoms. The fraction of sp³-hybridized carbons (Fsp3) is 0.0909. The summed E-state index contributed by atoms with van der Waals surface area (Å²) in [5, 5.41) is 8.80. The molecule has 0 aliphatic rings. The Labute approximate surface area is 265 Å². The van der Waals surface area contributed by atoms with Gasteiger partial charge in [-0.05, 0) is 72.7 Å². The van der Waals surface area contributed by atoms with Gasteiger partial charge in [-0.3, -0.25) is 14.4 Å². The van der Waals surface area contributed by atoms with Crippen molar-refractivity contribution in [3.63, 3.8) is 0 Å². The van der Waals surface area contributed by atoms with Gasteiger partial charge in [-0.25, -0.2) is 4.98 Å². The lowest BCUT2D eigenvalue weighted by Gasteiger charge is -2.15. The Bertz CT molecular complexity index is 1760. The number of hydrogen-bond donors (Lipinski definition) is 3. The number of rotatable bonds is 10. The minimum Gasteiger partial charge on any atom is -0.321 e. The summed E-state index contributed by atoms with van der Waals surface area (Å²) >= 11 is 6.26. The van der Waals surface area contributed by atoms with Crippen LogP contribution >= 0.6 is 39.0 Å². The molecule has 0 aliphatic heterocycles. The van der Waals surface area contributed by atoms with E-state index in [4.69, 9.17) is 0 Å². The molecule has 3 amide bonds. The summed E-state index contributed by atoms with van der Waals surface area (Å²) in [4.78, 5) is 44.8. The third kappa shape index (κ3) is 8.19. The summed E-state index contributed by atoms with van der Waals surface area (Å²) in [5.74, 6) is -1.01. The molecule has 3 N–H and O–H groups in total. The predicted octanol–water partition coefficient (Wildman–Crippen LogP) is 7.98. The van der Waals surface area contributed by atoms with Crippen LogP contribution in [-0.4, -0.2) is 28.0 Å². The first kappa shape index (κ1) is 30.2. The fourth-order valence-corrected chi connectivity index (χ4v) is 6.26. The number of thiazole rings is 1. The van der Waals surface area contributed by atoms with Crippen LogP contribution in [-0.2, 0) is 9.59 Å². The van der Waals surface area contributed by atoms with Crippen LogP contribution in [0.3, 0.4) is 0 Å². The van der Waals surface area contributed by atoms with Crippen molar-refractivity contribution in [3.8, 4) is 0 Å². The Hall–Kier alpha value is -4.25. The highest BCUT2D eigenvalue weighted by molar-refractivity contribution is 9.10. The summed E-state index contributed by atoms with van der Waals surface area (Å²) in [7, 11) is 0. The van der Waals surface area contributed by atoms with E-state index in [0.717, 1.165) is 25.1 Å². The molecule has 4 aromatic carbocycles. The average Bonchev–Trinajstić information content (AvgIpc) is 3.43. The molecule has 10 heteroatoms. The average molecular weight is 672 g/mol. The van der Waals surface area contributed by atoms with Crippen molar-refractivity contribution in [3.05, 3.63) is 124 Å². The SMILES string of the molecule is CCC(Sc1cccc(NC(=O)/C(=C/c2ccc(Br)cc2)NC(=O)c2ccccc2)c1)C(=O)Nc1nc2ccccc2s1.